The molecule has 1 aliphatic carbocycles. The maximum absolute atomic E-state index is 3.32. The number of rotatable bonds is 4. The highest BCUT2D eigenvalue weighted by Crippen LogP contribution is 2.25. The first-order valence-corrected chi connectivity index (χ1v) is 7.25. The highest BCUT2D eigenvalue weighted by Gasteiger charge is 2.24. The van der Waals surface area contributed by atoms with Crippen LogP contribution in [-0.2, 0) is 0 Å². The molecule has 2 fully saturated rings. The van der Waals surface area contributed by atoms with E-state index in [0.29, 0.717) is 0 Å². The van der Waals surface area contributed by atoms with Gasteiger partial charge in [-0.15, -0.1) is 12.4 Å². The fourth-order valence-electron chi connectivity index (χ4n) is 3.45. The highest BCUT2D eigenvalue weighted by molar-refractivity contribution is 5.85. The van der Waals surface area contributed by atoms with E-state index in [1.165, 1.54) is 71.1 Å². The van der Waals surface area contributed by atoms with Gasteiger partial charge < -0.3 is 10.2 Å². The fraction of sp³-hybridized carbons (Fsp3) is 1.00. The Morgan fingerprint density at radius 2 is 1.71 bits per heavy atom. The van der Waals surface area contributed by atoms with Crippen LogP contribution in [0.25, 0.3) is 0 Å². The van der Waals surface area contributed by atoms with Gasteiger partial charge in [-0.2, -0.15) is 0 Å². The summed E-state index contributed by atoms with van der Waals surface area (Å²) in [6.07, 6.45) is 10.3. The van der Waals surface area contributed by atoms with Crippen LogP contribution in [0, 0.1) is 11.8 Å². The molecule has 3 heteroatoms. The number of nitrogens with zero attached hydrogens (tertiary/aromatic N) is 1. The third-order valence-electron chi connectivity index (χ3n) is 4.35. The summed E-state index contributed by atoms with van der Waals surface area (Å²) in [5, 5.41) is 3.32. The third kappa shape index (κ3) is 5.15. The largest absolute Gasteiger partial charge is 0.319 e. The normalized spacial score (nSPS) is 27.7. The van der Waals surface area contributed by atoms with Crippen molar-refractivity contribution < 1.29 is 0 Å². The monoisotopic (exact) mass is 260 g/mol. The second-order valence-corrected chi connectivity index (χ2v) is 5.83. The standard InChI is InChI=1S/C14H28N2.ClH/c1-15-10-14-8-9-16(12-14)11-13-6-4-2-3-5-7-13;/h13-15H,2-12H2,1H3;1H. The Bertz CT molecular complexity index is 191. The lowest BCUT2D eigenvalue weighted by atomic mass is 10.00. The Labute approximate surface area is 113 Å². The number of hydrogen-bond donors (Lipinski definition) is 1. The first kappa shape index (κ1) is 15.3. The Morgan fingerprint density at radius 3 is 2.35 bits per heavy atom. The van der Waals surface area contributed by atoms with E-state index in [1.54, 1.807) is 0 Å². The molecule has 2 rings (SSSR count). The van der Waals surface area contributed by atoms with Gasteiger partial charge in [0.15, 0.2) is 0 Å². The zero-order valence-electron chi connectivity index (χ0n) is 11.3. The Morgan fingerprint density at radius 1 is 1.00 bits per heavy atom. The number of halogens is 1. The maximum Gasteiger partial charge on any atom is 0.00224 e. The minimum atomic E-state index is 0. The molecule has 1 saturated heterocycles. The predicted octanol–water partition coefficient (Wildman–Crippen LogP) is 2.92. The van der Waals surface area contributed by atoms with Crippen molar-refractivity contribution in [1.82, 2.24) is 10.2 Å². The molecule has 102 valence electrons. The van der Waals surface area contributed by atoms with Crippen LogP contribution >= 0.6 is 12.4 Å². The maximum atomic E-state index is 3.32. The molecular weight excluding hydrogens is 232 g/mol. The molecule has 2 aliphatic rings. The van der Waals surface area contributed by atoms with E-state index in [0.717, 1.165) is 11.8 Å². The van der Waals surface area contributed by atoms with Gasteiger partial charge in [0.1, 0.15) is 0 Å². The van der Waals surface area contributed by atoms with Crippen LogP contribution in [0.15, 0.2) is 0 Å². The average Bonchev–Trinajstić information content (AvgIpc) is 2.56. The quantitative estimate of drug-likeness (QED) is 0.782. The smallest absolute Gasteiger partial charge is 0.00224 e. The van der Waals surface area contributed by atoms with Crippen LogP contribution < -0.4 is 5.32 Å². The topological polar surface area (TPSA) is 15.3 Å². The molecule has 17 heavy (non-hydrogen) atoms. The van der Waals surface area contributed by atoms with Gasteiger partial charge in [0.05, 0.1) is 0 Å². The summed E-state index contributed by atoms with van der Waals surface area (Å²) in [7, 11) is 2.08. The molecule has 0 aromatic rings. The van der Waals surface area contributed by atoms with Crippen molar-refractivity contribution in [3.05, 3.63) is 0 Å². The zero-order valence-corrected chi connectivity index (χ0v) is 12.1. The van der Waals surface area contributed by atoms with Crippen LogP contribution in [0.5, 0.6) is 0 Å². The molecule has 1 aliphatic heterocycles. The van der Waals surface area contributed by atoms with Crippen molar-refractivity contribution >= 4 is 12.4 Å². The van der Waals surface area contributed by atoms with E-state index in [4.69, 9.17) is 0 Å². The van der Waals surface area contributed by atoms with Crippen LogP contribution in [0.2, 0.25) is 0 Å². The minimum absolute atomic E-state index is 0. The highest BCUT2D eigenvalue weighted by atomic mass is 35.5. The van der Waals surface area contributed by atoms with E-state index >= 15 is 0 Å². The van der Waals surface area contributed by atoms with Gasteiger partial charge >= 0.3 is 0 Å². The predicted molar refractivity (Wildman–Crippen MR) is 76.9 cm³/mol. The van der Waals surface area contributed by atoms with Crippen molar-refractivity contribution in [3.63, 3.8) is 0 Å². The summed E-state index contributed by atoms with van der Waals surface area (Å²) in [6, 6.07) is 0. The number of nitrogens with one attached hydrogen (secondary N) is 1. The molecule has 0 radical (unpaired) electrons. The van der Waals surface area contributed by atoms with Crippen LogP contribution in [0.3, 0.4) is 0 Å². The van der Waals surface area contributed by atoms with Gasteiger partial charge in [-0.25, -0.2) is 0 Å². The van der Waals surface area contributed by atoms with Gasteiger partial charge in [0, 0.05) is 13.1 Å². The van der Waals surface area contributed by atoms with Crippen molar-refractivity contribution in [1.29, 1.82) is 0 Å². The minimum Gasteiger partial charge on any atom is -0.319 e. The van der Waals surface area contributed by atoms with E-state index in [1.807, 2.05) is 0 Å². The van der Waals surface area contributed by atoms with Crippen LogP contribution in [-0.4, -0.2) is 38.1 Å². The molecule has 0 amide bonds. The lowest BCUT2D eigenvalue weighted by molar-refractivity contribution is 0.253. The lowest BCUT2D eigenvalue weighted by Crippen LogP contribution is -2.29. The lowest BCUT2D eigenvalue weighted by Gasteiger charge is -2.22. The first-order chi connectivity index (χ1) is 7.88. The molecular formula is C14H29ClN2. The summed E-state index contributed by atoms with van der Waals surface area (Å²) in [6.45, 7) is 5.29. The second-order valence-electron chi connectivity index (χ2n) is 5.83. The van der Waals surface area contributed by atoms with Crippen LogP contribution in [0.1, 0.15) is 44.9 Å². The van der Waals surface area contributed by atoms with Crippen molar-refractivity contribution in [3.8, 4) is 0 Å². The zero-order chi connectivity index (χ0) is 11.2. The Balaban J connectivity index is 0.00000144. The van der Waals surface area contributed by atoms with Crippen LogP contribution in [0.4, 0.5) is 0 Å². The Hall–Kier alpha value is 0.210. The van der Waals surface area contributed by atoms with Crippen molar-refractivity contribution in [2.24, 2.45) is 11.8 Å². The molecule has 0 spiro atoms. The van der Waals surface area contributed by atoms with Gasteiger partial charge in [-0.3, -0.25) is 0 Å². The second kappa shape index (κ2) is 8.34. The molecule has 0 bridgehead atoms. The molecule has 0 aromatic heterocycles. The van der Waals surface area contributed by atoms with E-state index in [9.17, 15) is 0 Å². The molecule has 1 unspecified atom stereocenters. The fourth-order valence-corrected chi connectivity index (χ4v) is 3.45. The van der Waals surface area contributed by atoms with Crippen molar-refractivity contribution in [2.75, 3.05) is 33.2 Å². The van der Waals surface area contributed by atoms with Gasteiger partial charge in [-0.05, 0) is 51.2 Å². The summed E-state index contributed by atoms with van der Waals surface area (Å²) in [5.41, 5.74) is 0. The number of likely N-dealkylation sites (tertiary alicyclic amines) is 1. The molecule has 1 saturated carbocycles. The molecule has 1 N–H and O–H groups in total. The molecule has 1 heterocycles. The Kier molecular flexibility index (Phi) is 7.49. The average molecular weight is 261 g/mol. The first-order valence-electron chi connectivity index (χ1n) is 7.25. The molecule has 1 atom stereocenters. The summed E-state index contributed by atoms with van der Waals surface area (Å²) in [4.78, 5) is 2.72. The molecule has 0 aromatic carbocycles. The van der Waals surface area contributed by atoms with E-state index in [-0.39, 0.29) is 12.4 Å². The third-order valence-corrected chi connectivity index (χ3v) is 4.35. The summed E-state index contributed by atoms with van der Waals surface area (Å²) >= 11 is 0. The van der Waals surface area contributed by atoms with E-state index in [2.05, 4.69) is 17.3 Å². The van der Waals surface area contributed by atoms with Crippen molar-refractivity contribution in [2.45, 2.75) is 44.9 Å². The number of hydrogen-bond acceptors (Lipinski definition) is 2. The SMILES string of the molecule is CNCC1CCN(CC2CCCCCC2)C1.Cl. The van der Waals surface area contributed by atoms with Gasteiger partial charge in [-0.1, -0.05) is 25.7 Å². The van der Waals surface area contributed by atoms with Gasteiger partial charge in [0.25, 0.3) is 0 Å². The summed E-state index contributed by atoms with van der Waals surface area (Å²) in [5.74, 6) is 1.92. The summed E-state index contributed by atoms with van der Waals surface area (Å²) < 4.78 is 0. The molecule has 2 nitrogen and oxygen atoms in total. The van der Waals surface area contributed by atoms with Gasteiger partial charge in [0.2, 0.25) is 0 Å². The van der Waals surface area contributed by atoms with E-state index < -0.39 is 0 Å².